The minimum Gasteiger partial charge on any atom is -0.373 e. The minimum atomic E-state index is 0.750. The van der Waals surface area contributed by atoms with Gasteiger partial charge in [-0.25, -0.2) is 9.97 Å². The molecule has 1 aromatic carbocycles. The van der Waals surface area contributed by atoms with Gasteiger partial charge in [-0.15, -0.1) is 0 Å². The molecular formula is C14H17BrN4. The molecule has 1 aromatic heterocycles. The topological polar surface area (TPSA) is 49.8 Å². The molecule has 0 bridgehead atoms. The molecule has 1 heterocycles. The third-order valence-electron chi connectivity index (χ3n) is 2.91. The maximum Gasteiger partial charge on any atom is 0.134 e. The molecule has 0 aliphatic heterocycles. The van der Waals surface area contributed by atoms with Crippen LogP contribution in [0.3, 0.4) is 0 Å². The van der Waals surface area contributed by atoms with E-state index in [4.69, 9.17) is 0 Å². The summed E-state index contributed by atoms with van der Waals surface area (Å²) in [5, 5.41) is 6.46. The van der Waals surface area contributed by atoms with E-state index in [9.17, 15) is 0 Å². The third kappa shape index (κ3) is 3.44. The highest BCUT2D eigenvalue weighted by atomic mass is 79.9. The lowest BCUT2D eigenvalue weighted by Gasteiger charge is -2.12. The van der Waals surface area contributed by atoms with Crippen molar-refractivity contribution in [2.45, 2.75) is 19.9 Å². The van der Waals surface area contributed by atoms with Crippen molar-refractivity contribution in [2.75, 3.05) is 17.7 Å². The van der Waals surface area contributed by atoms with Crippen molar-refractivity contribution >= 4 is 27.6 Å². The number of hydrogen-bond acceptors (Lipinski definition) is 4. The summed E-state index contributed by atoms with van der Waals surface area (Å²) in [5.74, 6) is 1.78. The average Bonchev–Trinajstić information content (AvgIpc) is 2.46. The molecule has 0 fully saturated rings. The maximum absolute atomic E-state index is 4.32. The summed E-state index contributed by atoms with van der Waals surface area (Å²) in [4.78, 5) is 8.55. The standard InChI is InChI=1S/C14H17BrN4/c1-3-12-13(16-2)18-9-19-14(12)17-8-10-4-6-11(15)7-5-10/h4-7,9H,3,8H2,1-2H3,(H2,16,17,18,19). The van der Waals surface area contributed by atoms with Gasteiger partial charge in [-0.3, -0.25) is 0 Å². The number of aromatic nitrogens is 2. The molecule has 0 aliphatic rings. The molecule has 100 valence electrons. The second kappa shape index (κ2) is 6.52. The zero-order chi connectivity index (χ0) is 13.7. The van der Waals surface area contributed by atoms with Crippen LogP contribution in [0.5, 0.6) is 0 Å². The van der Waals surface area contributed by atoms with Gasteiger partial charge in [0.2, 0.25) is 0 Å². The van der Waals surface area contributed by atoms with Gasteiger partial charge >= 0.3 is 0 Å². The number of halogens is 1. The van der Waals surface area contributed by atoms with Gasteiger partial charge in [-0.05, 0) is 24.1 Å². The fourth-order valence-corrected chi connectivity index (χ4v) is 2.17. The Balaban J connectivity index is 2.13. The Kier molecular flexibility index (Phi) is 4.74. The molecule has 0 spiro atoms. The van der Waals surface area contributed by atoms with Crippen LogP contribution in [-0.4, -0.2) is 17.0 Å². The minimum absolute atomic E-state index is 0.750. The largest absolute Gasteiger partial charge is 0.373 e. The van der Waals surface area contributed by atoms with Crippen molar-refractivity contribution in [2.24, 2.45) is 0 Å². The summed E-state index contributed by atoms with van der Waals surface area (Å²) >= 11 is 3.43. The first-order chi connectivity index (χ1) is 9.24. The van der Waals surface area contributed by atoms with Crippen molar-refractivity contribution in [1.82, 2.24) is 9.97 Å². The molecule has 0 radical (unpaired) electrons. The van der Waals surface area contributed by atoms with Gasteiger partial charge in [0.25, 0.3) is 0 Å². The summed E-state index contributed by atoms with van der Waals surface area (Å²) in [5.41, 5.74) is 2.33. The predicted octanol–water partition coefficient (Wildman–Crippen LogP) is 3.46. The lowest BCUT2D eigenvalue weighted by atomic mass is 10.2. The third-order valence-corrected chi connectivity index (χ3v) is 3.44. The number of benzene rings is 1. The van der Waals surface area contributed by atoms with Crippen LogP contribution in [0.2, 0.25) is 0 Å². The van der Waals surface area contributed by atoms with E-state index in [2.05, 4.69) is 55.6 Å². The molecule has 0 saturated carbocycles. The van der Waals surface area contributed by atoms with Crippen molar-refractivity contribution in [3.05, 3.63) is 46.2 Å². The van der Waals surface area contributed by atoms with E-state index in [0.29, 0.717) is 0 Å². The van der Waals surface area contributed by atoms with Crippen LogP contribution in [0.4, 0.5) is 11.6 Å². The molecule has 0 unspecified atom stereocenters. The number of rotatable bonds is 5. The van der Waals surface area contributed by atoms with Crippen LogP contribution in [-0.2, 0) is 13.0 Å². The van der Waals surface area contributed by atoms with Crippen molar-refractivity contribution in [3.8, 4) is 0 Å². The van der Waals surface area contributed by atoms with Gasteiger partial charge in [0, 0.05) is 23.6 Å². The van der Waals surface area contributed by atoms with Crippen molar-refractivity contribution < 1.29 is 0 Å². The molecule has 19 heavy (non-hydrogen) atoms. The normalized spacial score (nSPS) is 10.3. The van der Waals surface area contributed by atoms with Gasteiger partial charge in [-0.1, -0.05) is 35.0 Å². The highest BCUT2D eigenvalue weighted by Gasteiger charge is 2.07. The van der Waals surface area contributed by atoms with Gasteiger partial charge in [-0.2, -0.15) is 0 Å². The second-order valence-electron chi connectivity index (χ2n) is 4.13. The van der Waals surface area contributed by atoms with Gasteiger partial charge in [0.05, 0.1) is 0 Å². The smallest absolute Gasteiger partial charge is 0.134 e. The SMILES string of the molecule is CCc1c(NC)ncnc1NCc1ccc(Br)cc1. The van der Waals surface area contributed by atoms with Crippen LogP contribution in [0.15, 0.2) is 35.1 Å². The van der Waals surface area contributed by atoms with Crippen molar-refractivity contribution in [1.29, 1.82) is 0 Å². The zero-order valence-corrected chi connectivity index (χ0v) is 12.7. The highest BCUT2D eigenvalue weighted by molar-refractivity contribution is 9.10. The first-order valence-electron chi connectivity index (χ1n) is 6.24. The summed E-state index contributed by atoms with van der Waals surface area (Å²) in [7, 11) is 1.87. The Morgan fingerprint density at radius 1 is 1.11 bits per heavy atom. The number of hydrogen-bond donors (Lipinski definition) is 2. The summed E-state index contributed by atoms with van der Waals surface area (Å²) in [6.07, 6.45) is 2.47. The van der Waals surface area contributed by atoms with Gasteiger partial charge in [0.1, 0.15) is 18.0 Å². The number of anilines is 2. The average molecular weight is 321 g/mol. The Morgan fingerprint density at radius 2 is 1.79 bits per heavy atom. The molecule has 2 rings (SSSR count). The van der Waals surface area contributed by atoms with Crippen molar-refractivity contribution in [3.63, 3.8) is 0 Å². The molecule has 2 N–H and O–H groups in total. The second-order valence-corrected chi connectivity index (χ2v) is 5.05. The van der Waals surface area contributed by atoms with Crippen LogP contribution in [0.25, 0.3) is 0 Å². The number of nitrogens with one attached hydrogen (secondary N) is 2. The Morgan fingerprint density at radius 3 is 2.42 bits per heavy atom. The van der Waals surface area contributed by atoms with Gasteiger partial charge in [0.15, 0.2) is 0 Å². The quantitative estimate of drug-likeness (QED) is 0.885. The molecule has 2 aromatic rings. The summed E-state index contributed by atoms with van der Waals surface area (Å²) < 4.78 is 1.09. The Labute approximate surface area is 121 Å². The van der Waals surface area contributed by atoms with E-state index in [1.807, 2.05) is 19.2 Å². The molecule has 0 atom stereocenters. The first kappa shape index (κ1) is 13.8. The van der Waals surface area contributed by atoms with Crippen LogP contribution >= 0.6 is 15.9 Å². The monoisotopic (exact) mass is 320 g/mol. The Hall–Kier alpha value is -1.62. The lowest BCUT2D eigenvalue weighted by Crippen LogP contribution is -2.08. The summed E-state index contributed by atoms with van der Waals surface area (Å²) in [6, 6.07) is 8.25. The zero-order valence-electron chi connectivity index (χ0n) is 11.1. The van der Waals surface area contributed by atoms with E-state index >= 15 is 0 Å². The van der Waals surface area contributed by atoms with E-state index in [-0.39, 0.29) is 0 Å². The van der Waals surface area contributed by atoms with Crippen LogP contribution < -0.4 is 10.6 Å². The summed E-state index contributed by atoms with van der Waals surface area (Å²) in [6.45, 7) is 2.85. The fourth-order valence-electron chi connectivity index (χ4n) is 1.90. The van der Waals surface area contributed by atoms with E-state index in [1.54, 1.807) is 6.33 Å². The van der Waals surface area contributed by atoms with E-state index < -0.39 is 0 Å². The van der Waals surface area contributed by atoms with Crippen LogP contribution in [0.1, 0.15) is 18.1 Å². The predicted molar refractivity (Wildman–Crippen MR) is 82.4 cm³/mol. The molecule has 0 amide bonds. The number of nitrogens with zero attached hydrogens (tertiary/aromatic N) is 2. The highest BCUT2D eigenvalue weighted by Crippen LogP contribution is 2.20. The fraction of sp³-hybridized carbons (Fsp3) is 0.286. The molecule has 0 saturated heterocycles. The Bertz CT molecular complexity index is 540. The molecule has 0 aliphatic carbocycles. The van der Waals surface area contributed by atoms with E-state index in [0.717, 1.165) is 34.6 Å². The van der Waals surface area contributed by atoms with Gasteiger partial charge < -0.3 is 10.6 Å². The maximum atomic E-state index is 4.32. The molecular weight excluding hydrogens is 304 g/mol. The molecule has 4 nitrogen and oxygen atoms in total. The molecule has 5 heteroatoms. The first-order valence-corrected chi connectivity index (χ1v) is 7.03. The lowest BCUT2D eigenvalue weighted by molar-refractivity contribution is 1.01. The van der Waals surface area contributed by atoms with Crippen LogP contribution in [0, 0.1) is 0 Å². The van der Waals surface area contributed by atoms with E-state index in [1.165, 1.54) is 5.56 Å².